The number of amides is 1. The van der Waals surface area contributed by atoms with Gasteiger partial charge in [-0.2, -0.15) is 0 Å². The van der Waals surface area contributed by atoms with Crippen molar-refractivity contribution in [1.29, 1.82) is 0 Å². The van der Waals surface area contributed by atoms with E-state index in [1.807, 2.05) is 0 Å². The molecular formula is C15H20N6O5. The maximum Gasteiger partial charge on any atom is 0.242 e. The summed E-state index contributed by atoms with van der Waals surface area (Å²) in [4.78, 5) is 24.8. The molecule has 11 nitrogen and oxygen atoms in total. The monoisotopic (exact) mass is 364 g/mol. The van der Waals surface area contributed by atoms with E-state index in [0.29, 0.717) is 11.2 Å². The second-order valence-electron chi connectivity index (χ2n) is 6.41. The number of aromatic nitrogens is 4. The van der Waals surface area contributed by atoms with Crippen molar-refractivity contribution in [3.63, 3.8) is 0 Å². The normalized spacial score (nSPS) is 31.6. The molecule has 5 N–H and O–H groups in total. The lowest BCUT2D eigenvalue weighted by atomic mass is 10.1. The molecule has 11 heteroatoms. The van der Waals surface area contributed by atoms with Gasteiger partial charge in [-0.1, -0.05) is 0 Å². The molecule has 2 aromatic rings. The SMILES string of the molecule is O=C(Nc1ncnc2c1ncn2[C@@H]1O[C@H](CO)[C@@H](O)[C@H]1O)[C@@H]1CCCN1. The molecule has 0 radical (unpaired) electrons. The molecule has 2 aliphatic heterocycles. The van der Waals surface area contributed by atoms with Crippen LogP contribution >= 0.6 is 0 Å². The molecule has 0 bridgehead atoms. The van der Waals surface area contributed by atoms with Crippen LogP contribution in [0.15, 0.2) is 12.7 Å². The summed E-state index contributed by atoms with van der Waals surface area (Å²) < 4.78 is 6.95. The Morgan fingerprint density at radius 3 is 2.88 bits per heavy atom. The van der Waals surface area contributed by atoms with Crippen molar-refractivity contribution in [1.82, 2.24) is 24.8 Å². The van der Waals surface area contributed by atoms with Gasteiger partial charge in [0.2, 0.25) is 5.91 Å². The van der Waals surface area contributed by atoms with Crippen LogP contribution in [0, 0.1) is 0 Å². The molecule has 5 atom stereocenters. The van der Waals surface area contributed by atoms with Crippen LogP contribution < -0.4 is 10.6 Å². The van der Waals surface area contributed by atoms with Crippen molar-refractivity contribution < 1.29 is 24.9 Å². The molecule has 2 aliphatic rings. The van der Waals surface area contributed by atoms with E-state index >= 15 is 0 Å². The summed E-state index contributed by atoms with van der Waals surface area (Å²) in [6.07, 6.45) is 0.0396. The Bertz CT molecular complexity index is 807. The molecule has 140 valence electrons. The van der Waals surface area contributed by atoms with E-state index in [9.17, 15) is 20.1 Å². The number of ether oxygens (including phenoxy) is 1. The molecule has 1 amide bonds. The Morgan fingerprint density at radius 2 is 2.19 bits per heavy atom. The lowest BCUT2D eigenvalue weighted by Gasteiger charge is -2.16. The van der Waals surface area contributed by atoms with E-state index < -0.39 is 31.1 Å². The number of rotatable bonds is 4. The number of anilines is 1. The third-order valence-corrected chi connectivity index (χ3v) is 4.77. The predicted molar refractivity (Wildman–Crippen MR) is 88.0 cm³/mol. The maximum atomic E-state index is 12.3. The van der Waals surface area contributed by atoms with E-state index in [0.717, 1.165) is 19.4 Å². The first-order valence-electron chi connectivity index (χ1n) is 8.44. The minimum absolute atomic E-state index is 0.190. The Balaban J connectivity index is 1.62. The van der Waals surface area contributed by atoms with Crippen LogP contribution in [-0.2, 0) is 9.53 Å². The molecule has 0 unspecified atom stereocenters. The minimum atomic E-state index is -1.25. The molecule has 0 saturated carbocycles. The smallest absolute Gasteiger partial charge is 0.242 e. The van der Waals surface area contributed by atoms with Crippen molar-refractivity contribution in [3.05, 3.63) is 12.7 Å². The summed E-state index contributed by atoms with van der Waals surface area (Å²) in [6.45, 7) is 0.378. The highest BCUT2D eigenvalue weighted by Crippen LogP contribution is 2.32. The number of hydrogen-bond acceptors (Lipinski definition) is 9. The molecule has 4 heterocycles. The van der Waals surface area contributed by atoms with Gasteiger partial charge < -0.3 is 30.7 Å². The van der Waals surface area contributed by atoms with Crippen molar-refractivity contribution in [2.75, 3.05) is 18.5 Å². The Hall–Kier alpha value is -2.18. The van der Waals surface area contributed by atoms with Gasteiger partial charge in [0.05, 0.1) is 19.0 Å². The highest BCUT2D eigenvalue weighted by molar-refractivity contribution is 5.99. The first-order chi connectivity index (χ1) is 12.6. The van der Waals surface area contributed by atoms with Crippen LogP contribution in [0.1, 0.15) is 19.1 Å². The van der Waals surface area contributed by atoms with E-state index in [1.165, 1.54) is 17.2 Å². The second-order valence-corrected chi connectivity index (χ2v) is 6.41. The molecule has 2 aromatic heterocycles. The number of aliphatic hydroxyl groups is 3. The number of carbonyl (C=O) groups excluding carboxylic acids is 1. The fourth-order valence-corrected chi connectivity index (χ4v) is 3.35. The first-order valence-corrected chi connectivity index (χ1v) is 8.44. The summed E-state index contributed by atoms with van der Waals surface area (Å²) >= 11 is 0. The number of fused-ring (bicyclic) bond motifs is 1. The van der Waals surface area contributed by atoms with Gasteiger partial charge in [0.1, 0.15) is 24.6 Å². The number of nitrogens with zero attached hydrogens (tertiary/aromatic N) is 4. The van der Waals surface area contributed by atoms with Gasteiger partial charge >= 0.3 is 0 Å². The average Bonchev–Trinajstić information content (AvgIpc) is 3.36. The number of imidazole rings is 1. The fraction of sp³-hybridized carbons (Fsp3) is 0.600. The largest absolute Gasteiger partial charge is 0.394 e. The van der Waals surface area contributed by atoms with Gasteiger partial charge in [0.25, 0.3) is 0 Å². The van der Waals surface area contributed by atoms with Gasteiger partial charge in [-0.3, -0.25) is 9.36 Å². The van der Waals surface area contributed by atoms with Crippen LogP contribution in [0.25, 0.3) is 11.2 Å². The number of nitrogens with one attached hydrogen (secondary N) is 2. The lowest BCUT2D eigenvalue weighted by molar-refractivity contribution is -0.117. The number of carbonyl (C=O) groups is 1. The predicted octanol–water partition coefficient (Wildman–Crippen LogP) is -1.87. The molecule has 0 spiro atoms. The summed E-state index contributed by atoms with van der Waals surface area (Å²) in [6, 6.07) is -0.262. The minimum Gasteiger partial charge on any atom is -0.394 e. The van der Waals surface area contributed by atoms with Crippen LogP contribution in [0.5, 0.6) is 0 Å². The zero-order chi connectivity index (χ0) is 18.3. The number of hydrogen-bond donors (Lipinski definition) is 5. The van der Waals surface area contributed by atoms with Crippen molar-refractivity contribution in [3.8, 4) is 0 Å². The highest BCUT2D eigenvalue weighted by atomic mass is 16.6. The summed E-state index contributed by atoms with van der Waals surface area (Å²) in [5, 5.41) is 35.2. The molecule has 2 saturated heterocycles. The molecular weight excluding hydrogens is 344 g/mol. The zero-order valence-corrected chi connectivity index (χ0v) is 13.8. The van der Waals surface area contributed by atoms with Gasteiger partial charge in [-0.15, -0.1) is 0 Å². The Kier molecular flexibility index (Phi) is 4.54. The third-order valence-electron chi connectivity index (χ3n) is 4.77. The number of aliphatic hydroxyl groups excluding tert-OH is 3. The van der Waals surface area contributed by atoms with E-state index in [4.69, 9.17) is 4.74 Å². The first kappa shape index (κ1) is 17.2. The lowest BCUT2D eigenvalue weighted by Crippen LogP contribution is -2.35. The topological polar surface area (TPSA) is 155 Å². The molecule has 4 rings (SSSR count). The maximum absolute atomic E-state index is 12.3. The summed E-state index contributed by atoms with van der Waals surface area (Å²) in [5.74, 6) is 0.0733. The van der Waals surface area contributed by atoms with Crippen LogP contribution in [0.4, 0.5) is 5.82 Å². The Labute approximate surface area is 148 Å². The molecule has 0 aliphatic carbocycles. The quantitative estimate of drug-likeness (QED) is 0.419. The van der Waals surface area contributed by atoms with Crippen molar-refractivity contribution in [2.45, 2.75) is 43.4 Å². The third kappa shape index (κ3) is 2.83. The van der Waals surface area contributed by atoms with E-state index in [1.54, 1.807) is 0 Å². The van der Waals surface area contributed by atoms with Crippen LogP contribution in [0.3, 0.4) is 0 Å². The summed E-state index contributed by atoms with van der Waals surface area (Å²) in [5.41, 5.74) is 0.682. The fourth-order valence-electron chi connectivity index (χ4n) is 3.35. The standard InChI is InChI=1S/C15H20N6O5/c22-4-8-10(23)11(24)15(26-8)21-6-19-9-12(17-5-18-13(9)21)20-14(25)7-2-1-3-16-7/h5-8,10-11,15-16,22-24H,1-4H2,(H,17,18,20,25)/t7-,8+,10+,11+,15+/m0/s1. The average molecular weight is 364 g/mol. The highest BCUT2D eigenvalue weighted by Gasteiger charge is 2.44. The Morgan fingerprint density at radius 1 is 1.35 bits per heavy atom. The van der Waals surface area contributed by atoms with Crippen LogP contribution in [-0.4, -0.2) is 78.3 Å². The van der Waals surface area contributed by atoms with Crippen molar-refractivity contribution in [2.24, 2.45) is 0 Å². The van der Waals surface area contributed by atoms with Gasteiger partial charge in [0.15, 0.2) is 23.2 Å². The van der Waals surface area contributed by atoms with Gasteiger partial charge in [-0.05, 0) is 19.4 Å². The van der Waals surface area contributed by atoms with E-state index in [-0.39, 0.29) is 17.8 Å². The molecule has 2 fully saturated rings. The van der Waals surface area contributed by atoms with Gasteiger partial charge in [-0.25, -0.2) is 15.0 Å². The van der Waals surface area contributed by atoms with Crippen LogP contribution in [0.2, 0.25) is 0 Å². The van der Waals surface area contributed by atoms with E-state index in [2.05, 4.69) is 25.6 Å². The van der Waals surface area contributed by atoms with Crippen molar-refractivity contribution >= 4 is 22.9 Å². The van der Waals surface area contributed by atoms with Gasteiger partial charge in [0, 0.05) is 0 Å². The second kappa shape index (κ2) is 6.85. The molecule has 0 aromatic carbocycles. The zero-order valence-electron chi connectivity index (χ0n) is 13.8. The summed E-state index contributed by atoms with van der Waals surface area (Å²) in [7, 11) is 0. The molecule has 26 heavy (non-hydrogen) atoms.